The molecule has 2 aromatic rings. The largest absolute Gasteiger partial charge is 0.416 e. The number of hydrogen-bond donors (Lipinski definition) is 1. The van der Waals surface area contributed by atoms with Crippen molar-refractivity contribution in [1.29, 1.82) is 5.26 Å². The van der Waals surface area contributed by atoms with Crippen LogP contribution in [0.1, 0.15) is 16.7 Å². The Kier molecular flexibility index (Phi) is 3.66. The summed E-state index contributed by atoms with van der Waals surface area (Å²) in [5.74, 6) is 0. The van der Waals surface area contributed by atoms with Crippen molar-refractivity contribution >= 4 is 11.4 Å². The number of hydrogen-bond acceptors (Lipinski definition) is 2. The lowest BCUT2D eigenvalue weighted by Gasteiger charge is -2.13. The highest BCUT2D eigenvalue weighted by molar-refractivity contribution is 5.65. The summed E-state index contributed by atoms with van der Waals surface area (Å²) < 4.78 is 38.1. The Morgan fingerprint density at radius 1 is 1.10 bits per heavy atom. The van der Waals surface area contributed by atoms with E-state index in [1.165, 1.54) is 6.07 Å². The van der Waals surface area contributed by atoms with Crippen molar-refractivity contribution in [3.8, 4) is 6.07 Å². The highest BCUT2D eigenvalue weighted by atomic mass is 19.4. The molecule has 2 aromatic carbocycles. The Balaban J connectivity index is 2.35. The fourth-order valence-corrected chi connectivity index (χ4v) is 1.75. The van der Waals surface area contributed by atoms with E-state index in [-0.39, 0.29) is 0 Å². The minimum Gasteiger partial charge on any atom is -0.355 e. The van der Waals surface area contributed by atoms with E-state index in [0.717, 1.165) is 12.1 Å². The fourth-order valence-electron chi connectivity index (χ4n) is 1.75. The van der Waals surface area contributed by atoms with Gasteiger partial charge < -0.3 is 5.32 Å². The number of aryl methyl sites for hydroxylation is 1. The lowest BCUT2D eigenvalue weighted by Crippen LogP contribution is -2.06. The van der Waals surface area contributed by atoms with Crippen LogP contribution in [0.3, 0.4) is 0 Å². The van der Waals surface area contributed by atoms with E-state index in [1.54, 1.807) is 31.2 Å². The first-order valence-corrected chi connectivity index (χ1v) is 5.85. The number of rotatable bonds is 2. The molecule has 0 aliphatic carbocycles. The number of halogens is 3. The highest BCUT2D eigenvalue weighted by Crippen LogP contribution is 2.33. The minimum atomic E-state index is -4.38. The lowest BCUT2D eigenvalue weighted by molar-refractivity contribution is -0.137. The van der Waals surface area contributed by atoms with Crippen molar-refractivity contribution in [3.05, 3.63) is 59.2 Å². The number of alkyl halides is 3. The first-order valence-electron chi connectivity index (χ1n) is 5.85. The standard InChI is InChI=1S/C15H11F3N2/c1-10-5-6-12(15(16,17)18)8-14(10)20-13-4-2-3-11(7-13)9-19/h2-8,20H,1H3. The second kappa shape index (κ2) is 5.25. The van der Waals surface area contributed by atoms with Crippen LogP contribution < -0.4 is 5.32 Å². The Labute approximate surface area is 114 Å². The van der Waals surface area contributed by atoms with Crippen molar-refractivity contribution in [3.63, 3.8) is 0 Å². The molecule has 0 unspecified atom stereocenters. The van der Waals surface area contributed by atoms with E-state index in [0.29, 0.717) is 22.5 Å². The average molecular weight is 276 g/mol. The Morgan fingerprint density at radius 3 is 2.50 bits per heavy atom. The van der Waals surface area contributed by atoms with Gasteiger partial charge in [0.1, 0.15) is 0 Å². The Bertz CT molecular complexity index is 670. The Morgan fingerprint density at radius 2 is 1.85 bits per heavy atom. The third-order valence-electron chi connectivity index (χ3n) is 2.84. The van der Waals surface area contributed by atoms with Gasteiger partial charge in [0.25, 0.3) is 0 Å². The van der Waals surface area contributed by atoms with Gasteiger partial charge in [-0.05, 0) is 42.8 Å². The molecule has 5 heteroatoms. The first-order chi connectivity index (χ1) is 9.40. The van der Waals surface area contributed by atoms with Gasteiger partial charge in [-0.25, -0.2) is 0 Å². The van der Waals surface area contributed by atoms with Gasteiger partial charge in [-0.2, -0.15) is 18.4 Å². The molecule has 0 amide bonds. The maximum Gasteiger partial charge on any atom is 0.416 e. The molecule has 0 aromatic heterocycles. The van der Waals surface area contributed by atoms with Crippen LogP contribution in [0.2, 0.25) is 0 Å². The van der Waals surface area contributed by atoms with Gasteiger partial charge >= 0.3 is 6.18 Å². The molecule has 102 valence electrons. The quantitative estimate of drug-likeness (QED) is 0.868. The molecule has 0 saturated carbocycles. The number of nitrogens with zero attached hydrogens (tertiary/aromatic N) is 1. The molecule has 20 heavy (non-hydrogen) atoms. The van der Waals surface area contributed by atoms with Crippen LogP contribution in [0.25, 0.3) is 0 Å². The van der Waals surface area contributed by atoms with Crippen LogP contribution >= 0.6 is 0 Å². The SMILES string of the molecule is Cc1ccc(C(F)(F)F)cc1Nc1cccc(C#N)c1. The summed E-state index contributed by atoms with van der Waals surface area (Å²) in [6.45, 7) is 1.72. The van der Waals surface area contributed by atoms with Crippen molar-refractivity contribution < 1.29 is 13.2 Å². The zero-order valence-corrected chi connectivity index (χ0v) is 10.6. The van der Waals surface area contributed by atoms with E-state index in [2.05, 4.69) is 5.32 Å². The Hall–Kier alpha value is -2.48. The normalized spacial score (nSPS) is 10.9. The van der Waals surface area contributed by atoms with Crippen LogP contribution in [-0.2, 0) is 6.18 Å². The molecule has 0 atom stereocenters. The highest BCUT2D eigenvalue weighted by Gasteiger charge is 2.30. The van der Waals surface area contributed by atoms with Gasteiger partial charge in [0, 0.05) is 11.4 Å². The molecule has 0 aliphatic heterocycles. The summed E-state index contributed by atoms with van der Waals surface area (Å²) in [7, 11) is 0. The third-order valence-corrected chi connectivity index (χ3v) is 2.84. The number of anilines is 2. The zero-order chi connectivity index (χ0) is 14.8. The monoisotopic (exact) mass is 276 g/mol. The van der Waals surface area contributed by atoms with Crippen molar-refractivity contribution in [2.45, 2.75) is 13.1 Å². The van der Waals surface area contributed by atoms with Crippen LogP contribution in [0.4, 0.5) is 24.5 Å². The van der Waals surface area contributed by atoms with Gasteiger partial charge in [-0.1, -0.05) is 12.1 Å². The maximum absolute atomic E-state index is 12.7. The summed E-state index contributed by atoms with van der Waals surface area (Å²) in [4.78, 5) is 0. The van der Waals surface area contributed by atoms with Crippen molar-refractivity contribution in [2.24, 2.45) is 0 Å². The van der Waals surface area contributed by atoms with E-state index in [9.17, 15) is 13.2 Å². The van der Waals surface area contributed by atoms with Gasteiger partial charge in [0.05, 0.1) is 17.2 Å². The van der Waals surface area contributed by atoms with E-state index in [4.69, 9.17) is 5.26 Å². The van der Waals surface area contributed by atoms with Crippen LogP contribution in [0, 0.1) is 18.3 Å². The average Bonchev–Trinajstić information content (AvgIpc) is 2.40. The molecule has 0 fully saturated rings. The van der Waals surface area contributed by atoms with E-state index < -0.39 is 11.7 Å². The van der Waals surface area contributed by atoms with E-state index >= 15 is 0 Å². The zero-order valence-electron chi connectivity index (χ0n) is 10.6. The molecule has 0 heterocycles. The molecule has 0 saturated heterocycles. The fraction of sp³-hybridized carbons (Fsp3) is 0.133. The molecule has 0 spiro atoms. The molecule has 0 bridgehead atoms. The van der Waals surface area contributed by atoms with Crippen LogP contribution in [0.5, 0.6) is 0 Å². The minimum absolute atomic E-state index is 0.370. The second-order valence-electron chi connectivity index (χ2n) is 4.35. The summed E-state index contributed by atoms with van der Waals surface area (Å²) in [5.41, 5.74) is 1.38. The molecular formula is C15H11F3N2. The molecule has 1 N–H and O–H groups in total. The van der Waals surface area contributed by atoms with Gasteiger partial charge in [0.2, 0.25) is 0 Å². The molecule has 0 aliphatic rings. The number of nitrogens with one attached hydrogen (secondary N) is 1. The van der Waals surface area contributed by atoms with E-state index in [1.807, 2.05) is 6.07 Å². The van der Waals surface area contributed by atoms with Crippen LogP contribution in [-0.4, -0.2) is 0 Å². The first kappa shape index (κ1) is 13.9. The predicted octanol–water partition coefficient (Wildman–Crippen LogP) is 4.63. The van der Waals surface area contributed by atoms with Gasteiger partial charge in [0.15, 0.2) is 0 Å². The molecule has 0 radical (unpaired) electrons. The molecule has 2 nitrogen and oxygen atoms in total. The summed E-state index contributed by atoms with van der Waals surface area (Å²) >= 11 is 0. The van der Waals surface area contributed by atoms with Gasteiger partial charge in [-0.15, -0.1) is 0 Å². The molecule has 2 rings (SSSR count). The molecular weight excluding hydrogens is 265 g/mol. The predicted molar refractivity (Wildman–Crippen MR) is 70.6 cm³/mol. The summed E-state index contributed by atoms with van der Waals surface area (Å²) in [6, 6.07) is 12.1. The van der Waals surface area contributed by atoms with Crippen molar-refractivity contribution in [2.75, 3.05) is 5.32 Å². The van der Waals surface area contributed by atoms with Crippen molar-refractivity contribution in [1.82, 2.24) is 0 Å². The number of benzene rings is 2. The third kappa shape index (κ3) is 3.09. The maximum atomic E-state index is 12.7. The lowest BCUT2D eigenvalue weighted by atomic mass is 10.1. The number of nitriles is 1. The van der Waals surface area contributed by atoms with Gasteiger partial charge in [-0.3, -0.25) is 0 Å². The summed E-state index contributed by atoms with van der Waals surface area (Å²) in [6.07, 6.45) is -4.38. The smallest absolute Gasteiger partial charge is 0.355 e. The van der Waals surface area contributed by atoms with Crippen LogP contribution in [0.15, 0.2) is 42.5 Å². The topological polar surface area (TPSA) is 35.8 Å². The summed E-state index contributed by atoms with van der Waals surface area (Å²) in [5, 5.41) is 11.7. The second-order valence-corrected chi connectivity index (χ2v) is 4.35.